The van der Waals surface area contributed by atoms with Gasteiger partial charge in [-0.25, -0.2) is 0 Å². The van der Waals surface area contributed by atoms with Gasteiger partial charge in [-0.2, -0.15) is 0 Å². The second-order valence-corrected chi connectivity index (χ2v) is 6.12. The summed E-state index contributed by atoms with van der Waals surface area (Å²) in [7, 11) is 0. The highest BCUT2D eigenvalue weighted by Gasteiger charge is 2.30. The zero-order chi connectivity index (χ0) is 13.3. The number of fused-ring (bicyclic) bond motifs is 1. The van der Waals surface area contributed by atoms with Crippen molar-refractivity contribution in [1.82, 2.24) is 5.32 Å². The average Bonchev–Trinajstić information content (AvgIpc) is 2.84. The van der Waals surface area contributed by atoms with Crippen LogP contribution in [0.2, 0.25) is 0 Å². The van der Waals surface area contributed by atoms with Crippen LogP contribution in [0, 0.1) is 0 Å². The van der Waals surface area contributed by atoms with Crippen molar-refractivity contribution in [2.24, 2.45) is 0 Å². The highest BCUT2D eigenvalue weighted by atomic mass is 16.1. The molecule has 0 saturated heterocycles. The molecule has 3 rings (SSSR count). The minimum absolute atomic E-state index is 0.00519. The van der Waals surface area contributed by atoms with Crippen LogP contribution in [-0.4, -0.2) is 18.0 Å². The maximum Gasteiger partial charge on any atom is 0.251 e. The lowest BCUT2D eigenvalue weighted by Gasteiger charge is -2.26. The van der Waals surface area contributed by atoms with Gasteiger partial charge in [0.1, 0.15) is 0 Å². The summed E-state index contributed by atoms with van der Waals surface area (Å²) in [5.41, 5.74) is 3.27. The second-order valence-electron chi connectivity index (χ2n) is 6.12. The lowest BCUT2D eigenvalue weighted by molar-refractivity contribution is 0.0908. The van der Waals surface area contributed by atoms with E-state index in [4.69, 9.17) is 0 Å². The number of carbonyl (C=O) groups excluding carboxylic acids is 1. The monoisotopic (exact) mass is 258 g/mol. The Morgan fingerprint density at radius 3 is 2.84 bits per heavy atom. The van der Waals surface area contributed by atoms with Gasteiger partial charge in [-0.1, -0.05) is 12.8 Å². The third kappa shape index (κ3) is 2.60. The van der Waals surface area contributed by atoms with E-state index in [-0.39, 0.29) is 11.4 Å². The molecule has 1 amide bonds. The van der Waals surface area contributed by atoms with E-state index in [0.717, 1.165) is 37.8 Å². The Balaban J connectivity index is 1.76. The highest BCUT2D eigenvalue weighted by molar-refractivity contribution is 5.95. The normalized spacial score (nSPS) is 20.5. The number of aryl methyl sites for hydroxylation is 1. The van der Waals surface area contributed by atoms with Crippen LogP contribution < -0.4 is 10.6 Å². The number of benzene rings is 1. The van der Waals surface area contributed by atoms with Gasteiger partial charge >= 0.3 is 0 Å². The number of anilines is 1. The van der Waals surface area contributed by atoms with E-state index in [1.807, 2.05) is 12.1 Å². The lowest BCUT2D eigenvalue weighted by atomic mass is 9.98. The van der Waals surface area contributed by atoms with Crippen molar-refractivity contribution in [3.05, 3.63) is 29.3 Å². The van der Waals surface area contributed by atoms with Gasteiger partial charge in [-0.3, -0.25) is 4.79 Å². The maximum absolute atomic E-state index is 12.4. The molecular weight excluding hydrogens is 236 g/mol. The molecule has 102 valence electrons. The summed E-state index contributed by atoms with van der Waals surface area (Å²) in [6.07, 6.45) is 6.88. The molecule has 1 heterocycles. The molecule has 0 spiro atoms. The molecule has 3 nitrogen and oxygen atoms in total. The number of nitrogens with one attached hydrogen (secondary N) is 2. The molecule has 0 atom stereocenters. The molecule has 2 N–H and O–H groups in total. The first-order chi connectivity index (χ1) is 9.16. The van der Waals surface area contributed by atoms with Crippen LogP contribution in [0.3, 0.4) is 0 Å². The summed E-state index contributed by atoms with van der Waals surface area (Å²) in [5, 5.41) is 6.60. The van der Waals surface area contributed by atoms with Gasteiger partial charge in [-0.15, -0.1) is 0 Å². The number of carbonyl (C=O) groups is 1. The van der Waals surface area contributed by atoms with Crippen LogP contribution in [0.5, 0.6) is 0 Å². The molecule has 1 fully saturated rings. The molecule has 1 aromatic rings. The number of amides is 1. The molecule has 2 aliphatic rings. The van der Waals surface area contributed by atoms with E-state index in [1.54, 1.807) is 0 Å². The first kappa shape index (κ1) is 12.5. The first-order valence-corrected chi connectivity index (χ1v) is 7.36. The molecule has 0 bridgehead atoms. The summed E-state index contributed by atoms with van der Waals surface area (Å²) in [4.78, 5) is 12.4. The molecule has 0 unspecified atom stereocenters. The average molecular weight is 258 g/mol. The van der Waals surface area contributed by atoms with Crippen molar-refractivity contribution in [3.63, 3.8) is 0 Å². The van der Waals surface area contributed by atoms with Gasteiger partial charge in [0, 0.05) is 23.3 Å². The third-order valence-electron chi connectivity index (χ3n) is 4.43. The number of rotatable bonds is 2. The zero-order valence-electron chi connectivity index (χ0n) is 11.6. The van der Waals surface area contributed by atoms with Crippen molar-refractivity contribution in [3.8, 4) is 0 Å². The van der Waals surface area contributed by atoms with E-state index in [0.29, 0.717) is 0 Å². The molecule has 3 heteroatoms. The van der Waals surface area contributed by atoms with E-state index in [9.17, 15) is 4.79 Å². The smallest absolute Gasteiger partial charge is 0.251 e. The Morgan fingerprint density at radius 2 is 2.05 bits per heavy atom. The molecule has 0 radical (unpaired) electrons. The fraction of sp³-hybridized carbons (Fsp3) is 0.562. The SMILES string of the molecule is CC1(NC(=O)c2ccc3c(c2)CCCN3)CCCC1. The Kier molecular flexibility index (Phi) is 3.21. The quantitative estimate of drug-likeness (QED) is 0.855. The van der Waals surface area contributed by atoms with E-state index < -0.39 is 0 Å². The predicted molar refractivity (Wildman–Crippen MR) is 77.6 cm³/mol. The van der Waals surface area contributed by atoms with Gasteiger partial charge in [0.15, 0.2) is 0 Å². The van der Waals surface area contributed by atoms with Crippen LogP contribution in [0.25, 0.3) is 0 Å². The van der Waals surface area contributed by atoms with Crippen LogP contribution in [-0.2, 0) is 6.42 Å². The fourth-order valence-electron chi connectivity index (χ4n) is 3.24. The minimum atomic E-state index is 0.00519. The van der Waals surface area contributed by atoms with Crippen molar-refractivity contribution >= 4 is 11.6 Å². The summed E-state index contributed by atoms with van der Waals surface area (Å²) in [5.74, 6) is 0.0813. The van der Waals surface area contributed by atoms with E-state index >= 15 is 0 Å². The minimum Gasteiger partial charge on any atom is -0.385 e. The number of hydrogen-bond donors (Lipinski definition) is 2. The maximum atomic E-state index is 12.4. The summed E-state index contributed by atoms with van der Waals surface area (Å²) in [6, 6.07) is 6.03. The van der Waals surface area contributed by atoms with E-state index in [2.05, 4.69) is 23.6 Å². The standard InChI is InChI=1S/C16H22N2O/c1-16(8-2-3-9-16)18-15(19)13-6-7-14-12(11-13)5-4-10-17-14/h6-7,11,17H,2-5,8-10H2,1H3,(H,18,19). The Hall–Kier alpha value is -1.51. The van der Waals surface area contributed by atoms with Gasteiger partial charge in [0.05, 0.1) is 0 Å². The van der Waals surface area contributed by atoms with Crippen molar-refractivity contribution in [1.29, 1.82) is 0 Å². The van der Waals surface area contributed by atoms with E-state index in [1.165, 1.54) is 24.1 Å². The summed E-state index contributed by atoms with van der Waals surface area (Å²) < 4.78 is 0. The van der Waals surface area contributed by atoms with Crippen molar-refractivity contribution in [2.45, 2.75) is 51.0 Å². The van der Waals surface area contributed by atoms with Crippen LogP contribution in [0.15, 0.2) is 18.2 Å². The molecule has 0 aromatic heterocycles. The van der Waals surface area contributed by atoms with Crippen molar-refractivity contribution in [2.75, 3.05) is 11.9 Å². The first-order valence-electron chi connectivity index (χ1n) is 7.36. The fourth-order valence-corrected chi connectivity index (χ4v) is 3.24. The highest BCUT2D eigenvalue weighted by Crippen LogP contribution is 2.29. The molecule has 1 saturated carbocycles. The van der Waals surface area contributed by atoms with Gasteiger partial charge in [0.2, 0.25) is 0 Å². The topological polar surface area (TPSA) is 41.1 Å². The van der Waals surface area contributed by atoms with Gasteiger partial charge < -0.3 is 10.6 Å². The molecule has 19 heavy (non-hydrogen) atoms. The lowest BCUT2D eigenvalue weighted by Crippen LogP contribution is -2.43. The van der Waals surface area contributed by atoms with Crippen LogP contribution >= 0.6 is 0 Å². The molecule has 1 aliphatic heterocycles. The summed E-state index contributed by atoms with van der Waals surface area (Å²) in [6.45, 7) is 3.20. The number of hydrogen-bond acceptors (Lipinski definition) is 2. The molecule has 1 aromatic carbocycles. The molecular formula is C16H22N2O. The summed E-state index contributed by atoms with van der Waals surface area (Å²) >= 11 is 0. The van der Waals surface area contributed by atoms with Gasteiger partial charge in [-0.05, 0) is 56.4 Å². The predicted octanol–water partition coefficient (Wildman–Crippen LogP) is 3.11. The Bertz CT molecular complexity index is 490. The van der Waals surface area contributed by atoms with Gasteiger partial charge in [0.25, 0.3) is 5.91 Å². The van der Waals surface area contributed by atoms with Crippen LogP contribution in [0.1, 0.15) is 54.9 Å². The third-order valence-corrected chi connectivity index (χ3v) is 4.43. The van der Waals surface area contributed by atoms with Crippen molar-refractivity contribution < 1.29 is 4.79 Å². The second kappa shape index (κ2) is 4.87. The zero-order valence-corrected chi connectivity index (χ0v) is 11.6. The Morgan fingerprint density at radius 1 is 1.26 bits per heavy atom. The molecule has 1 aliphatic carbocycles. The Labute approximate surface area is 114 Å². The largest absolute Gasteiger partial charge is 0.385 e. The van der Waals surface area contributed by atoms with Crippen LogP contribution in [0.4, 0.5) is 5.69 Å².